The van der Waals surface area contributed by atoms with Gasteiger partial charge < -0.3 is 5.32 Å². The van der Waals surface area contributed by atoms with Crippen LogP contribution in [0.1, 0.15) is 13.8 Å². The topological polar surface area (TPSA) is 24.9 Å². The number of nitrogens with one attached hydrogen (secondary N) is 1. The van der Waals surface area contributed by atoms with Gasteiger partial charge in [0.05, 0.1) is 6.20 Å². The summed E-state index contributed by atoms with van der Waals surface area (Å²) in [6, 6.07) is 3.04. The molecule has 1 aromatic heterocycles. The van der Waals surface area contributed by atoms with E-state index in [-0.39, 0.29) is 5.82 Å². The molecule has 0 aliphatic carbocycles. The van der Waals surface area contributed by atoms with Gasteiger partial charge in [-0.25, -0.2) is 9.37 Å². The SMILES string of the molecule is CC(C)CNc1ccc(F)cn1. The molecule has 0 radical (unpaired) electrons. The van der Waals surface area contributed by atoms with E-state index in [1.165, 1.54) is 12.3 Å². The first-order valence-electron chi connectivity index (χ1n) is 4.04. The number of pyridine rings is 1. The second-order valence-electron chi connectivity index (χ2n) is 3.14. The molecule has 12 heavy (non-hydrogen) atoms. The van der Waals surface area contributed by atoms with E-state index in [1.807, 2.05) is 0 Å². The molecule has 1 aromatic rings. The Hall–Kier alpha value is -1.12. The van der Waals surface area contributed by atoms with Crippen molar-refractivity contribution in [2.45, 2.75) is 13.8 Å². The van der Waals surface area contributed by atoms with Crippen LogP contribution in [0.2, 0.25) is 0 Å². The molecule has 0 amide bonds. The third-order valence-electron chi connectivity index (χ3n) is 1.42. The quantitative estimate of drug-likeness (QED) is 0.749. The average Bonchev–Trinajstić information content (AvgIpc) is 2.03. The van der Waals surface area contributed by atoms with Crippen molar-refractivity contribution in [3.8, 4) is 0 Å². The van der Waals surface area contributed by atoms with Gasteiger partial charge in [-0.15, -0.1) is 0 Å². The fraction of sp³-hybridized carbons (Fsp3) is 0.444. The van der Waals surface area contributed by atoms with Crippen LogP contribution in [0.4, 0.5) is 10.2 Å². The van der Waals surface area contributed by atoms with Gasteiger partial charge in [0.2, 0.25) is 0 Å². The van der Waals surface area contributed by atoms with Crippen LogP contribution in [0.5, 0.6) is 0 Å². The first-order valence-corrected chi connectivity index (χ1v) is 4.04. The Labute approximate surface area is 71.8 Å². The van der Waals surface area contributed by atoms with Gasteiger partial charge >= 0.3 is 0 Å². The van der Waals surface area contributed by atoms with Crippen LogP contribution in [0.15, 0.2) is 18.3 Å². The third-order valence-corrected chi connectivity index (χ3v) is 1.42. The van der Waals surface area contributed by atoms with Crippen molar-refractivity contribution < 1.29 is 4.39 Å². The Morgan fingerprint density at radius 1 is 1.50 bits per heavy atom. The Kier molecular flexibility index (Phi) is 3.02. The van der Waals surface area contributed by atoms with Crippen molar-refractivity contribution in [2.24, 2.45) is 5.92 Å². The Morgan fingerprint density at radius 3 is 2.75 bits per heavy atom. The summed E-state index contributed by atoms with van der Waals surface area (Å²) in [6.07, 6.45) is 1.21. The summed E-state index contributed by atoms with van der Waals surface area (Å²) >= 11 is 0. The molecular weight excluding hydrogens is 155 g/mol. The molecule has 1 N–H and O–H groups in total. The summed E-state index contributed by atoms with van der Waals surface area (Å²) in [7, 11) is 0. The lowest BCUT2D eigenvalue weighted by Gasteiger charge is -2.06. The molecule has 0 spiro atoms. The fourth-order valence-corrected chi connectivity index (χ4v) is 0.789. The lowest BCUT2D eigenvalue weighted by Crippen LogP contribution is -2.08. The van der Waals surface area contributed by atoms with E-state index in [9.17, 15) is 4.39 Å². The van der Waals surface area contributed by atoms with Crippen molar-refractivity contribution >= 4 is 5.82 Å². The van der Waals surface area contributed by atoms with Crippen LogP contribution in [0.3, 0.4) is 0 Å². The zero-order chi connectivity index (χ0) is 8.97. The minimum absolute atomic E-state index is 0.301. The van der Waals surface area contributed by atoms with Crippen molar-refractivity contribution in [2.75, 3.05) is 11.9 Å². The third kappa shape index (κ3) is 2.86. The van der Waals surface area contributed by atoms with E-state index >= 15 is 0 Å². The molecule has 0 fully saturated rings. The van der Waals surface area contributed by atoms with Crippen LogP contribution in [0, 0.1) is 11.7 Å². The minimum Gasteiger partial charge on any atom is -0.370 e. The molecule has 1 heterocycles. The number of halogens is 1. The second-order valence-corrected chi connectivity index (χ2v) is 3.14. The van der Waals surface area contributed by atoms with Gasteiger partial charge in [-0.05, 0) is 18.1 Å². The summed E-state index contributed by atoms with van der Waals surface area (Å²) in [5.41, 5.74) is 0. The number of hydrogen-bond acceptors (Lipinski definition) is 2. The van der Waals surface area contributed by atoms with Crippen molar-refractivity contribution in [3.05, 3.63) is 24.1 Å². The number of rotatable bonds is 3. The molecule has 0 aromatic carbocycles. The summed E-state index contributed by atoms with van der Waals surface area (Å²) < 4.78 is 12.4. The summed E-state index contributed by atoms with van der Waals surface area (Å²) in [6.45, 7) is 5.08. The highest BCUT2D eigenvalue weighted by Crippen LogP contribution is 2.04. The molecule has 0 saturated carbocycles. The van der Waals surface area contributed by atoms with E-state index in [2.05, 4.69) is 24.1 Å². The van der Waals surface area contributed by atoms with Crippen molar-refractivity contribution in [1.29, 1.82) is 0 Å². The standard InChI is InChI=1S/C9H13FN2/c1-7(2)5-11-9-4-3-8(10)6-12-9/h3-4,6-7H,5H2,1-2H3,(H,11,12). The van der Waals surface area contributed by atoms with E-state index in [0.717, 1.165) is 12.4 Å². The van der Waals surface area contributed by atoms with Crippen LogP contribution in [0.25, 0.3) is 0 Å². The van der Waals surface area contributed by atoms with Gasteiger partial charge in [0.1, 0.15) is 11.6 Å². The highest BCUT2D eigenvalue weighted by atomic mass is 19.1. The summed E-state index contributed by atoms with van der Waals surface area (Å²) in [4.78, 5) is 3.86. The lowest BCUT2D eigenvalue weighted by atomic mass is 10.2. The zero-order valence-corrected chi connectivity index (χ0v) is 7.34. The molecule has 2 nitrogen and oxygen atoms in total. The molecule has 1 rings (SSSR count). The van der Waals surface area contributed by atoms with Crippen molar-refractivity contribution in [1.82, 2.24) is 4.98 Å². The van der Waals surface area contributed by atoms with Gasteiger partial charge in [0.25, 0.3) is 0 Å². The minimum atomic E-state index is -0.301. The number of hydrogen-bond donors (Lipinski definition) is 1. The molecule has 0 atom stereocenters. The molecule has 0 saturated heterocycles. The largest absolute Gasteiger partial charge is 0.370 e. The number of nitrogens with zero attached hydrogens (tertiary/aromatic N) is 1. The Bertz CT molecular complexity index is 231. The molecular formula is C9H13FN2. The first kappa shape index (κ1) is 8.97. The van der Waals surface area contributed by atoms with Gasteiger partial charge in [-0.3, -0.25) is 0 Å². The normalized spacial score (nSPS) is 10.3. The molecule has 0 unspecified atom stereocenters. The van der Waals surface area contributed by atoms with E-state index in [0.29, 0.717) is 5.92 Å². The highest BCUT2D eigenvalue weighted by Gasteiger charge is 1.95. The van der Waals surface area contributed by atoms with Gasteiger partial charge in [-0.2, -0.15) is 0 Å². The Morgan fingerprint density at radius 2 is 2.25 bits per heavy atom. The fourth-order valence-electron chi connectivity index (χ4n) is 0.789. The van der Waals surface area contributed by atoms with Gasteiger partial charge in [0, 0.05) is 6.54 Å². The maximum Gasteiger partial charge on any atom is 0.141 e. The van der Waals surface area contributed by atoms with E-state index in [4.69, 9.17) is 0 Å². The second kappa shape index (κ2) is 4.04. The van der Waals surface area contributed by atoms with E-state index < -0.39 is 0 Å². The predicted molar refractivity (Wildman–Crippen MR) is 47.5 cm³/mol. The first-order chi connectivity index (χ1) is 5.68. The molecule has 3 heteroatoms. The number of anilines is 1. The van der Waals surface area contributed by atoms with Crippen LogP contribution in [-0.2, 0) is 0 Å². The summed E-state index contributed by atoms with van der Waals surface area (Å²) in [5.74, 6) is 0.993. The smallest absolute Gasteiger partial charge is 0.141 e. The molecule has 0 aliphatic rings. The van der Waals surface area contributed by atoms with Crippen molar-refractivity contribution in [3.63, 3.8) is 0 Å². The lowest BCUT2D eigenvalue weighted by molar-refractivity contribution is 0.621. The Balaban J connectivity index is 2.48. The maximum absolute atomic E-state index is 12.4. The van der Waals surface area contributed by atoms with Gasteiger partial charge in [-0.1, -0.05) is 13.8 Å². The highest BCUT2D eigenvalue weighted by molar-refractivity contribution is 5.33. The monoisotopic (exact) mass is 168 g/mol. The van der Waals surface area contributed by atoms with Crippen LogP contribution < -0.4 is 5.32 Å². The zero-order valence-electron chi connectivity index (χ0n) is 7.34. The maximum atomic E-state index is 12.4. The average molecular weight is 168 g/mol. The van der Waals surface area contributed by atoms with Crippen LogP contribution >= 0.6 is 0 Å². The molecule has 0 aliphatic heterocycles. The van der Waals surface area contributed by atoms with E-state index in [1.54, 1.807) is 6.07 Å². The summed E-state index contributed by atoms with van der Waals surface area (Å²) in [5, 5.41) is 3.09. The molecule has 66 valence electrons. The number of aromatic nitrogens is 1. The van der Waals surface area contributed by atoms with Crippen LogP contribution in [-0.4, -0.2) is 11.5 Å². The predicted octanol–water partition coefficient (Wildman–Crippen LogP) is 2.29. The molecule has 0 bridgehead atoms. The van der Waals surface area contributed by atoms with Gasteiger partial charge in [0.15, 0.2) is 0 Å².